The number of allylic oxidation sites excluding steroid dienone is 8. The molecule has 0 heterocycles. The van der Waals surface area contributed by atoms with Crippen LogP contribution in [0.2, 0.25) is 0 Å². The zero-order chi connectivity index (χ0) is 47.1. The highest BCUT2D eigenvalue weighted by Gasteiger charge is 2.24. The summed E-state index contributed by atoms with van der Waals surface area (Å²) in [6.45, 7) is 4.57. The zero-order valence-corrected chi connectivity index (χ0v) is 43.6. The second-order valence-corrected chi connectivity index (χ2v) is 21.0. The molecule has 0 aliphatic carbocycles. The van der Waals surface area contributed by atoms with E-state index in [2.05, 4.69) is 67.8 Å². The SMILES string of the molecule is CC/C=C\C/C=C\C/C=C\C/C=C\CCCCCCCCCCCCCCCCCCCCCCCCC(=O)NC(COP(=O)([O-])OCC[N+](C)(C)C)C(O)CCCCCCCCC. The molecule has 3 atom stereocenters. The van der Waals surface area contributed by atoms with Crippen molar-refractivity contribution < 1.29 is 32.9 Å². The highest BCUT2D eigenvalue weighted by atomic mass is 31.2. The van der Waals surface area contributed by atoms with Crippen LogP contribution >= 0.6 is 7.82 Å². The van der Waals surface area contributed by atoms with Crippen molar-refractivity contribution in [2.24, 2.45) is 0 Å². The van der Waals surface area contributed by atoms with Gasteiger partial charge in [0.2, 0.25) is 5.91 Å². The van der Waals surface area contributed by atoms with Gasteiger partial charge in [-0.15, -0.1) is 0 Å². The summed E-state index contributed by atoms with van der Waals surface area (Å²) in [5.41, 5.74) is 0. The Kier molecular flexibility index (Phi) is 45.4. The lowest BCUT2D eigenvalue weighted by Gasteiger charge is -2.30. The lowest BCUT2D eigenvalue weighted by atomic mass is 10.0. The number of phosphoric ester groups is 1. The van der Waals surface area contributed by atoms with Crippen molar-refractivity contribution in [3.63, 3.8) is 0 Å². The third-order valence-corrected chi connectivity index (χ3v) is 13.0. The number of quaternary nitrogens is 1. The van der Waals surface area contributed by atoms with E-state index in [0.29, 0.717) is 23.9 Å². The van der Waals surface area contributed by atoms with E-state index in [0.717, 1.165) is 64.2 Å². The summed E-state index contributed by atoms with van der Waals surface area (Å²) in [7, 11) is 1.31. The quantitative estimate of drug-likeness (QED) is 0.0272. The molecule has 8 nitrogen and oxygen atoms in total. The summed E-state index contributed by atoms with van der Waals surface area (Å²) in [5, 5.41) is 13.8. The van der Waals surface area contributed by atoms with Crippen molar-refractivity contribution in [1.29, 1.82) is 0 Å². The number of rotatable bonds is 49. The van der Waals surface area contributed by atoms with Gasteiger partial charge in [0, 0.05) is 6.42 Å². The first-order valence-electron chi connectivity index (χ1n) is 27.0. The average Bonchev–Trinajstić information content (AvgIpc) is 3.25. The smallest absolute Gasteiger partial charge is 0.268 e. The van der Waals surface area contributed by atoms with Gasteiger partial charge in [-0.1, -0.05) is 236 Å². The second kappa shape index (κ2) is 46.6. The van der Waals surface area contributed by atoms with E-state index >= 15 is 0 Å². The summed E-state index contributed by atoms with van der Waals surface area (Å²) in [6.07, 6.45) is 60.4. The van der Waals surface area contributed by atoms with E-state index in [1.165, 1.54) is 154 Å². The van der Waals surface area contributed by atoms with Crippen molar-refractivity contribution in [3.05, 3.63) is 48.6 Å². The number of carbonyl (C=O) groups excluding carboxylic acids is 1. The number of aliphatic hydroxyl groups excluding tert-OH is 1. The summed E-state index contributed by atoms with van der Waals surface area (Å²) in [5.74, 6) is -0.166. The van der Waals surface area contributed by atoms with Gasteiger partial charge in [-0.25, -0.2) is 0 Å². The number of aliphatic hydroxyl groups is 1. The van der Waals surface area contributed by atoms with Crippen LogP contribution in [-0.2, 0) is 18.4 Å². The van der Waals surface area contributed by atoms with E-state index < -0.39 is 20.0 Å². The van der Waals surface area contributed by atoms with Crippen molar-refractivity contribution >= 4 is 13.7 Å². The molecular weight excluding hydrogens is 816 g/mol. The first kappa shape index (κ1) is 62.5. The summed E-state index contributed by atoms with van der Waals surface area (Å²) >= 11 is 0. The van der Waals surface area contributed by atoms with Crippen molar-refractivity contribution in [2.75, 3.05) is 40.9 Å². The Morgan fingerprint density at radius 3 is 1.39 bits per heavy atom. The van der Waals surface area contributed by atoms with Crippen molar-refractivity contribution in [1.82, 2.24) is 5.32 Å². The van der Waals surface area contributed by atoms with Gasteiger partial charge >= 0.3 is 0 Å². The molecule has 0 rings (SSSR count). The Morgan fingerprint density at radius 2 is 0.953 bits per heavy atom. The molecule has 1 amide bonds. The molecule has 3 unspecified atom stereocenters. The van der Waals surface area contributed by atoms with Gasteiger partial charge in [-0.05, 0) is 51.4 Å². The minimum absolute atomic E-state index is 0.0127. The summed E-state index contributed by atoms with van der Waals surface area (Å²) < 4.78 is 23.2. The lowest BCUT2D eigenvalue weighted by Crippen LogP contribution is -2.46. The van der Waals surface area contributed by atoms with Gasteiger partial charge < -0.3 is 28.8 Å². The van der Waals surface area contributed by atoms with Crippen LogP contribution in [-0.4, -0.2) is 68.5 Å². The molecule has 2 N–H and O–H groups in total. The number of nitrogens with zero attached hydrogens (tertiary/aromatic N) is 1. The number of phosphoric acid groups is 1. The van der Waals surface area contributed by atoms with E-state index in [1.54, 1.807) is 0 Å². The van der Waals surface area contributed by atoms with Gasteiger partial charge in [0.05, 0.1) is 39.9 Å². The van der Waals surface area contributed by atoms with Gasteiger partial charge in [-0.2, -0.15) is 0 Å². The van der Waals surface area contributed by atoms with Gasteiger partial charge in [0.1, 0.15) is 13.2 Å². The monoisotopic (exact) mass is 921 g/mol. The van der Waals surface area contributed by atoms with E-state index in [9.17, 15) is 19.4 Å². The van der Waals surface area contributed by atoms with Crippen LogP contribution in [0.5, 0.6) is 0 Å². The fourth-order valence-electron chi connectivity index (χ4n) is 7.86. The topological polar surface area (TPSA) is 108 Å². The third kappa shape index (κ3) is 48.4. The number of nitrogens with one attached hydrogen (secondary N) is 1. The Morgan fingerprint density at radius 1 is 0.562 bits per heavy atom. The van der Waals surface area contributed by atoms with Crippen LogP contribution in [0.4, 0.5) is 0 Å². The molecule has 9 heteroatoms. The molecule has 0 aromatic carbocycles. The first-order valence-corrected chi connectivity index (χ1v) is 28.4. The first-order chi connectivity index (χ1) is 31.0. The molecule has 0 saturated heterocycles. The van der Waals surface area contributed by atoms with Gasteiger partial charge in [-0.3, -0.25) is 9.36 Å². The Labute approximate surface area is 397 Å². The van der Waals surface area contributed by atoms with E-state index in [-0.39, 0.29) is 19.1 Å². The molecule has 0 aromatic heterocycles. The minimum Gasteiger partial charge on any atom is -0.756 e. The highest BCUT2D eigenvalue weighted by Crippen LogP contribution is 2.38. The molecule has 0 radical (unpaired) electrons. The zero-order valence-electron chi connectivity index (χ0n) is 42.7. The lowest BCUT2D eigenvalue weighted by molar-refractivity contribution is -0.870. The van der Waals surface area contributed by atoms with Crippen LogP contribution in [0.25, 0.3) is 0 Å². The molecule has 0 aromatic rings. The van der Waals surface area contributed by atoms with Crippen LogP contribution in [0.1, 0.15) is 245 Å². The Balaban J connectivity index is 3.81. The maximum Gasteiger partial charge on any atom is 0.268 e. The van der Waals surface area contributed by atoms with Crippen molar-refractivity contribution in [2.45, 2.75) is 257 Å². The van der Waals surface area contributed by atoms with Crippen LogP contribution < -0.4 is 10.2 Å². The molecule has 0 spiro atoms. The number of likely N-dealkylation sites (N-methyl/N-ethyl adjacent to an activating group) is 1. The average molecular weight is 921 g/mol. The number of hydrogen-bond acceptors (Lipinski definition) is 6. The number of hydrogen-bond donors (Lipinski definition) is 2. The molecule has 0 bridgehead atoms. The standard InChI is InChI=1S/C55H105N2O6P/c1-6-8-10-12-14-15-16-17-18-19-20-21-22-23-24-25-26-27-28-29-30-31-32-33-34-35-36-37-38-39-40-41-43-45-47-49-55(59)56-53(54(58)48-46-44-42-13-11-9-7-2)52-63-64(60,61)62-51-50-57(3,4)5/h8,10,14-15,17-18,20-21,53-54,58H,6-7,9,11-13,16,19,22-52H2,1-5H3,(H-,56,59,60,61)/b10-8-,15-14-,18-17-,21-20-. The normalized spacial score (nSPS) is 14.4. The molecule has 0 fully saturated rings. The fraction of sp³-hybridized carbons (Fsp3) is 0.836. The Hall–Kier alpha value is -1.54. The van der Waals surface area contributed by atoms with Crippen LogP contribution in [0.3, 0.4) is 0 Å². The van der Waals surface area contributed by atoms with Crippen LogP contribution in [0, 0.1) is 0 Å². The van der Waals surface area contributed by atoms with Gasteiger partial charge in [0.25, 0.3) is 7.82 Å². The largest absolute Gasteiger partial charge is 0.756 e. The highest BCUT2D eigenvalue weighted by molar-refractivity contribution is 7.45. The molecule has 376 valence electrons. The number of unbranched alkanes of at least 4 members (excludes halogenated alkanes) is 28. The molecular formula is C55H105N2O6P. The summed E-state index contributed by atoms with van der Waals surface area (Å²) in [4.78, 5) is 25.3. The van der Waals surface area contributed by atoms with E-state index in [4.69, 9.17) is 9.05 Å². The van der Waals surface area contributed by atoms with E-state index in [1.807, 2.05) is 21.1 Å². The third-order valence-electron chi connectivity index (χ3n) is 12.1. The summed E-state index contributed by atoms with van der Waals surface area (Å²) in [6, 6.07) is -0.796. The molecule has 0 aliphatic rings. The number of carbonyl (C=O) groups is 1. The molecule has 64 heavy (non-hydrogen) atoms. The predicted octanol–water partition coefficient (Wildman–Crippen LogP) is 15.3. The maximum absolute atomic E-state index is 12.9. The minimum atomic E-state index is -4.56. The van der Waals surface area contributed by atoms with Crippen molar-refractivity contribution in [3.8, 4) is 0 Å². The van der Waals surface area contributed by atoms with Gasteiger partial charge in [0.15, 0.2) is 0 Å². The molecule has 0 aliphatic heterocycles. The maximum atomic E-state index is 12.9. The fourth-order valence-corrected chi connectivity index (χ4v) is 8.58. The molecule has 0 saturated carbocycles. The second-order valence-electron chi connectivity index (χ2n) is 19.6. The Bertz CT molecular complexity index is 1180. The number of amides is 1. The predicted molar refractivity (Wildman–Crippen MR) is 274 cm³/mol. The van der Waals surface area contributed by atoms with Crippen LogP contribution in [0.15, 0.2) is 48.6 Å².